The van der Waals surface area contributed by atoms with E-state index >= 15 is 0 Å². The Labute approximate surface area is 163 Å². The van der Waals surface area contributed by atoms with Crippen molar-refractivity contribution in [2.45, 2.75) is 26.2 Å². The van der Waals surface area contributed by atoms with Gasteiger partial charge < -0.3 is 0 Å². The fourth-order valence-electron chi connectivity index (χ4n) is 4.80. The van der Waals surface area contributed by atoms with Crippen molar-refractivity contribution in [2.24, 2.45) is 0 Å². The normalized spacial score (nSPS) is 12.8. The molecule has 0 aliphatic heterocycles. The van der Waals surface area contributed by atoms with Crippen molar-refractivity contribution in [1.29, 1.82) is 0 Å². The standard InChI is InChI=1S/C27H21N/c1-27(2,3)16-14-22-18-9-5-4-8-17(18)19-10-6-11-21-24(19)25(22)23(15-16)20-12-7-13-28-26(20)21/h4-15H,1-3H3. The van der Waals surface area contributed by atoms with E-state index in [0.29, 0.717) is 0 Å². The first kappa shape index (κ1) is 15.8. The lowest BCUT2D eigenvalue weighted by Crippen LogP contribution is -2.11. The van der Waals surface area contributed by atoms with Crippen LogP contribution in [0.25, 0.3) is 54.0 Å². The minimum absolute atomic E-state index is 0.0834. The number of rotatable bonds is 0. The van der Waals surface area contributed by atoms with Crippen molar-refractivity contribution >= 4 is 54.0 Å². The van der Waals surface area contributed by atoms with E-state index in [-0.39, 0.29) is 5.41 Å². The van der Waals surface area contributed by atoms with Crippen molar-refractivity contribution in [3.05, 3.63) is 78.5 Å². The van der Waals surface area contributed by atoms with Crippen molar-refractivity contribution < 1.29 is 0 Å². The topological polar surface area (TPSA) is 12.9 Å². The number of aromatic nitrogens is 1. The first-order chi connectivity index (χ1) is 13.5. The van der Waals surface area contributed by atoms with Gasteiger partial charge in [0.15, 0.2) is 0 Å². The lowest BCUT2D eigenvalue weighted by Gasteiger charge is -2.23. The van der Waals surface area contributed by atoms with E-state index in [2.05, 4.69) is 87.5 Å². The molecule has 0 radical (unpaired) electrons. The van der Waals surface area contributed by atoms with Crippen molar-refractivity contribution in [1.82, 2.24) is 4.98 Å². The first-order valence-electron chi connectivity index (χ1n) is 9.91. The molecule has 134 valence electrons. The molecule has 1 heteroatoms. The highest BCUT2D eigenvalue weighted by molar-refractivity contribution is 6.39. The molecular weight excluding hydrogens is 338 g/mol. The van der Waals surface area contributed by atoms with Gasteiger partial charge in [0.2, 0.25) is 0 Å². The maximum atomic E-state index is 4.80. The zero-order valence-corrected chi connectivity index (χ0v) is 16.4. The van der Waals surface area contributed by atoms with Crippen LogP contribution in [0.5, 0.6) is 0 Å². The highest BCUT2D eigenvalue weighted by Crippen LogP contribution is 2.45. The van der Waals surface area contributed by atoms with E-state index in [0.717, 1.165) is 5.52 Å². The molecule has 0 atom stereocenters. The van der Waals surface area contributed by atoms with Crippen LogP contribution in [0.4, 0.5) is 0 Å². The van der Waals surface area contributed by atoms with Crippen LogP contribution >= 0.6 is 0 Å². The molecule has 1 heterocycles. The summed E-state index contributed by atoms with van der Waals surface area (Å²) in [7, 11) is 0. The van der Waals surface area contributed by atoms with Gasteiger partial charge in [-0.15, -0.1) is 0 Å². The highest BCUT2D eigenvalue weighted by Gasteiger charge is 2.21. The van der Waals surface area contributed by atoms with Gasteiger partial charge in [-0.2, -0.15) is 0 Å². The third-order valence-electron chi connectivity index (χ3n) is 6.18. The lowest BCUT2D eigenvalue weighted by atomic mass is 9.81. The molecule has 28 heavy (non-hydrogen) atoms. The smallest absolute Gasteiger partial charge is 0.0786 e. The van der Waals surface area contributed by atoms with Crippen LogP contribution in [-0.4, -0.2) is 4.98 Å². The molecule has 1 aromatic heterocycles. The van der Waals surface area contributed by atoms with Gasteiger partial charge in [0.25, 0.3) is 0 Å². The summed E-state index contributed by atoms with van der Waals surface area (Å²) in [6, 6.07) is 24.6. The molecular formula is C27H21N. The average molecular weight is 359 g/mol. The molecule has 1 nitrogen and oxygen atoms in total. The second-order valence-corrected chi connectivity index (χ2v) is 8.87. The van der Waals surface area contributed by atoms with Gasteiger partial charge in [-0.1, -0.05) is 69.3 Å². The van der Waals surface area contributed by atoms with Gasteiger partial charge >= 0.3 is 0 Å². The number of nitrogens with zero attached hydrogens (tertiary/aromatic N) is 1. The van der Waals surface area contributed by atoms with Gasteiger partial charge in [-0.3, -0.25) is 4.98 Å². The van der Waals surface area contributed by atoms with Crippen molar-refractivity contribution in [3.8, 4) is 0 Å². The Hall–Kier alpha value is -3.19. The van der Waals surface area contributed by atoms with Gasteiger partial charge in [-0.05, 0) is 61.5 Å². The summed E-state index contributed by atoms with van der Waals surface area (Å²) < 4.78 is 0. The summed E-state index contributed by atoms with van der Waals surface area (Å²) in [5.41, 5.74) is 2.55. The molecule has 0 unspecified atom stereocenters. The predicted octanol–water partition coefficient (Wildman–Crippen LogP) is 7.58. The van der Waals surface area contributed by atoms with Gasteiger partial charge in [0.1, 0.15) is 0 Å². The first-order valence-corrected chi connectivity index (χ1v) is 9.91. The summed E-state index contributed by atoms with van der Waals surface area (Å²) in [6.07, 6.45) is 1.91. The molecule has 0 aliphatic carbocycles. The number of benzene rings is 5. The zero-order chi connectivity index (χ0) is 19.0. The summed E-state index contributed by atoms with van der Waals surface area (Å²) >= 11 is 0. The summed E-state index contributed by atoms with van der Waals surface area (Å²) in [5.74, 6) is 0. The number of pyridine rings is 1. The van der Waals surface area contributed by atoms with Crippen LogP contribution in [0.2, 0.25) is 0 Å². The minimum Gasteiger partial charge on any atom is -0.256 e. The maximum absolute atomic E-state index is 4.80. The summed E-state index contributed by atoms with van der Waals surface area (Å²) in [6.45, 7) is 6.88. The van der Waals surface area contributed by atoms with E-state index in [1.807, 2.05) is 6.20 Å². The Morgan fingerprint density at radius 3 is 1.89 bits per heavy atom. The largest absolute Gasteiger partial charge is 0.256 e. The van der Waals surface area contributed by atoms with Crippen molar-refractivity contribution in [2.75, 3.05) is 0 Å². The fraction of sp³-hybridized carbons (Fsp3) is 0.148. The molecule has 6 aromatic rings. The molecule has 0 spiro atoms. The number of hydrogen-bond acceptors (Lipinski definition) is 1. The van der Waals surface area contributed by atoms with E-state index < -0.39 is 0 Å². The summed E-state index contributed by atoms with van der Waals surface area (Å²) in [5, 5.41) is 11.9. The predicted molar refractivity (Wildman–Crippen MR) is 122 cm³/mol. The Morgan fingerprint density at radius 2 is 1.14 bits per heavy atom. The monoisotopic (exact) mass is 359 g/mol. The average Bonchev–Trinajstić information content (AvgIpc) is 2.72. The minimum atomic E-state index is 0.0834. The van der Waals surface area contributed by atoms with Crippen LogP contribution in [0.15, 0.2) is 72.9 Å². The molecule has 5 aromatic carbocycles. The van der Waals surface area contributed by atoms with E-state index in [4.69, 9.17) is 4.98 Å². The highest BCUT2D eigenvalue weighted by atomic mass is 14.6. The maximum Gasteiger partial charge on any atom is 0.0786 e. The van der Waals surface area contributed by atoms with Gasteiger partial charge in [0.05, 0.1) is 5.52 Å². The molecule has 0 fully saturated rings. The van der Waals surface area contributed by atoms with Crippen molar-refractivity contribution in [3.63, 3.8) is 0 Å². The molecule has 0 amide bonds. The molecule has 0 saturated carbocycles. The van der Waals surface area contributed by atoms with Crippen LogP contribution in [0.3, 0.4) is 0 Å². The van der Waals surface area contributed by atoms with E-state index in [1.54, 1.807) is 0 Å². The van der Waals surface area contributed by atoms with Gasteiger partial charge in [-0.25, -0.2) is 0 Å². The lowest BCUT2D eigenvalue weighted by molar-refractivity contribution is 0.592. The second-order valence-electron chi connectivity index (χ2n) is 8.87. The Kier molecular flexibility index (Phi) is 2.94. The third-order valence-corrected chi connectivity index (χ3v) is 6.18. The Balaban J connectivity index is 2.07. The van der Waals surface area contributed by atoms with E-state index in [1.165, 1.54) is 54.0 Å². The van der Waals surface area contributed by atoms with Crippen LogP contribution in [0.1, 0.15) is 26.3 Å². The zero-order valence-electron chi connectivity index (χ0n) is 16.4. The van der Waals surface area contributed by atoms with Crippen LogP contribution < -0.4 is 0 Å². The molecule has 0 saturated heterocycles. The Bertz CT molecular complexity index is 1430. The van der Waals surface area contributed by atoms with E-state index in [9.17, 15) is 0 Å². The molecule has 0 N–H and O–H groups in total. The van der Waals surface area contributed by atoms with Crippen LogP contribution in [-0.2, 0) is 5.41 Å². The Morgan fingerprint density at radius 1 is 0.571 bits per heavy atom. The third kappa shape index (κ3) is 1.94. The SMILES string of the molecule is CC(C)(C)c1cc2c3ccccc3c3cccc4c5ncccc5c(c1)c2c34. The number of fused-ring (bicyclic) bond motifs is 6. The summed E-state index contributed by atoms with van der Waals surface area (Å²) in [4.78, 5) is 4.80. The molecule has 0 aliphatic rings. The second kappa shape index (κ2) is 5.20. The number of hydrogen-bond donors (Lipinski definition) is 0. The molecule has 0 bridgehead atoms. The van der Waals surface area contributed by atoms with Crippen LogP contribution in [0, 0.1) is 0 Å². The van der Waals surface area contributed by atoms with Gasteiger partial charge in [0, 0.05) is 22.4 Å². The molecule has 6 rings (SSSR count). The quantitative estimate of drug-likeness (QED) is 0.201. The fourth-order valence-corrected chi connectivity index (χ4v) is 4.80.